The predicted molar refractivity (Wildman–Crippen MR) is 97.6 cm³/mol. The summed E-state index contributed by atoms with van der Waals surface area (Å²) in [7, 11) is 0. The van der Waals surface area contributed by atoms with Crippen molar-refractivity contribution in [2.45, 2.75) is 13.0 Å². The Morgan fingerprint density at radius 2 is 1.61 bits per heavy atom. The Morgan fingerprint density at radius 1 is 0.964 bits per heavy atom. The van der Waals surface area contributed by atoms with Crippen LogP contribution in [0.15, 0.2) is 55.0 Å². The summed E-state index contributed by atoms with van der Waals surface area (Å²) in [5, 5.41) is 9.03. The second kappa shape index (κ2) is 6.66. The minimum atomic E-state index is -1.09. The molecule has 1 aliphatic rings. The van der Waals surface area contributed by atoms with Gasteiger partial charge in [-0.3, -0.25) is 29.4 Å². The fraction of sp³-hybridized carbons (Fsp3) is 0.100. The maximum atomic E-state index is 12.8. The summed E-state index contributed by atoms with van der Waals surface area (Å²) in [6.07, 6.45) is 4.17. The lowest BCUT2D eigenvalue weighted by atomic mass is 10.1. The fourth-order valence-electron chi connectivity index (χ4n) is 3.19. The molecule has 0 saturated carbocycles. The number of hydrogen-bond acceptors (Lipinski definition) is 6. The minimum Gasteiger partial charge on any atom is -0.478 e. The molecule has 0 spiro atoms. The maximum Gasteiger partial charge on any atom is 0.337 e. The van der Waals surface area contributed by atoms with Gasteiger partial charge in [0.15, 0.2) is 0 Å². The summed E-state index contributed by atoms with van der Waals surface area (Å²) in [5.41, 5.74) is 1.93. The monoisotopic (exact) mass is 374 g/mol. The van der Waals surface area contributed by atoms with Gasteiger partial charge in [0.1, 0.15) is 5.69 Å². The first kappa shape index (κ1) is 17.5. The molecule has 1 aromatic carbocycles. The first-order chi connectivity index (χ1) is 13.5. The molecule has 8 heteroatoms. The molecule has 3 aromatic rings. The Hall–Kier alpha value is -3.94. The molecule has 0 fully saturated rings. The van der Waals surface area contributed by atoms with Gasteiger partial charge in [-0.1, -0.05) is 12.1 Å². The summed E-state index contributed by atoms with van der Waals surface area (Å²) >= 11 is 0. The number of aromatic nitrogens is 3. The van der Waals surface area contributed by atoms with Crippen LogP contribution in [0.5, 0.6) is 0 Å². The highest BCUT2D eigenvalue weighted by atomic mass is 16.4. The van der Waals surface area contributed by atoms with E-state index in [-0.39, 0.29) is 17.4 Å². The van der Waals surface area contributed by atoms with E-state index in [1.165, 1.54) is 30.7 Å². The summed E-state index contributed by atoms with van der Waals surface area (Å²) in [6, 6.07) is 8.90. The van der Waals surface area contributed by atoms with E-state index in [4.69, 9.17) is 5.11 Å². The highest BCUT2D eigenvalue weighted by Gasteiger charge is 2.40. The van der Waals surface area contributed by atoms with Gasteiger partial charge in [0.25, 0.3) is 11.8 Å². The minimum absolute atomic E-state index is 0.0441. The average Bonchev–Trinajstić information content (AvgIpc) is 2.98. The molecule has 0 bridgehead atoms. The van der Waals surface area contributed by atoms with Crippen molar-refractivity contribution in [1.29, 1.82) is 0 Å². The zero-order valence-corrected chi connectivity index (χ0v) is 14.7. The number of carboxylic acid groups (broad SMARTS) is 1. The van der Waals surface area contributed by atoms with Crippen LogP contribution in [0.1, 0.15) is 49.7 Å². The number of carboxylic acids is 1. The lowest BCUT2D eigenvalue weighted by molar-refractivity contribution is 0.0590. The molecule has 0 aliphatic carbocycles. The molecule has 28 heavy (non-hydrogen) atoms. The molecule has 1 unspecified atom stereocenters. The van der Waals surface area contributed by atoms with Crippen molar-refractivity contribution in [2.24, 2.45) is 0 Å². The zero-order valence-electron chi connectivity index (χ0n) is 14.7. The van der Waals surface area contributed by atoms with Crippen LogP contribution in [0.25, 0.3) is 11.4 Å². The van der Waals surface area contributed by atoms with Crippen LogP contribution in [0.4, 0.5) is 0 Å². The highest BCUT2D eigenvalue weighted by molar-refractivity contribution is 6.21. The van der Waals surface area contributed by atoms with Gasteiger partial charge in [0, 0.05) is 18.6 Å². The van der Waals surface area contributed by atoms with Crippen molar-refractivity contribution < 1.29 is 19.5 Å². The number of benzene rings is 1. The number of hydrogen-bond donors (Lipinski definition) is 1. The quantitative estimate of drug-likeness (QED) is 0.698. The SMILES string of the molecule is CC(c1nccnc1-c1ccc(C(=O)O)cn1)N1C(=O)c2ccccc2C1=O. The number of imide groups is 1. The highest BCUT2D eigenvalue weighted by Crippen LogP contribution is 2.33. The summed E-state index contributed by atoms with van der Waals surface area (Å²) in [5.74, 6) is -1.87. The van der Waals surface area contributed by atoms with E-state index in [1.54, 1.807) is 31.2 Å². The van der Waals surface area contributed by atoms with Crippen molar-refractivity contribution in [2.75, 3.05) is 0 Å². The molecular formula is C20H14N4O4. The Labute approximate surface area is 159 Å². The van der Waals surface area contributed by atoms with Crippen LogP contribution in [-0.4, -0.2) is 42.7 Å². The smallest absolute Gasteiger partial charge is 0.337 e. The number of carbonyl (C=O) groups is 3. The van der Waals surface area contributed by atoms with Crippen LogP contribution in [0.2, 0.25) is 0 Å². The third-order valence-corrected chi connectivity index (χ3v) is 4.59. The van der Waals surface area contributed by atoms with Crippen LogP contribution >= 0.6 is 0 Å². The van der Waals surface area contributed by atoms with Crippen LogP contribution in [-0.2, 0) is 0 Å². The Kier molecular flexibility index (Phi) is 4.15. The topological polar surface area (TPSA) is 113 Å². The number of fused-ring (bicyclic) bond motifs is 1. The normalized spacial score (nSPS) is 14.1. The van der Waals surface area contributed by atoms with Crippen molar-refractivity contribution in [3.8, 4) is 11.4 Å². The van der Waals surface area contributed by atoms with E-state index >= 15 is 0 Å². The fourth-order valence-corrected chi connectivity index (χ4v) is 3.19. The molecule has 1 aliphatic heterocycles. The van der Waals surface area contributed by atoms with Gasteiger partial charge in [0.2, 0.25) is 0 Å². The van der Waals surface area contributed by atoms with Crippen molar-refractivity contribution in [3.63, 3.8) is 0 Å². The Balaban J connectivity index is 1.74. The van der Waals surface area contributed by atoms with Gasteiger partial charge in [-0.05, 0) is 31.2 Å². The maximum absolute atomic E-state index is 12.8. The number of rotatable bonds is 4. The molecule has 2 amide bonds. The molecule has 4 rings (SSSR count). The average molecular weight is 374 g/mol. The van der Waals surface area contributed by atoms with Crippen molar-refractivity contribution in [1.82, 2.24) is 19.9 Å². The van der Waals surface area contributed by atoms with Crippen LogP contribution in [0, 0.1) is 0 Å². The van der Waals surface area contributed by atoms with Gasteiger partial charge in [-0.15, -0.1) is 0 Å². The summed E-state index contributed by atoms with van der Waals surface area (Å²) in [6.45, 7) is 1.70. The van der Waals surface area contributed by atoms with Gasteiger partial charge >= 0.3 is 5.97 Å². The Morgan fingerprint density at radius 3 is 2.18 bits per heavy atom. The molecule has 138 valence electrons. The number of nitrogens with zero attached hydrogens (tertiary/aromatic N) is 4. The molecule has 8 nitrogen and oxygen atoms in total. The van der Waals surface area contributed by atoms with Gasteiger partial charge in [0.05, 0.1) is 34.1 Å². The van der Waals surface area contributed by atoms with E-state index in [2.05, 4.69) is 15.0 Å². The number of aromatic carboxylic acids is 1. The second-order valence-electron chi connectivity index (χ2n) is 6.23. The van der Waals surface area contributed by atoms with E-state index in [0.29, 0.717) is 28.2 Å². The summed E-state index contributed by atoms with van der Waals surface area (Å²) in [4.78, 5) is 50.5. The first-order valence-electron chi connectivity index (χ1n) is 8.46. The molecule has 3 heterocycles. The van der Waals surface area contributed by atoms with E-state index in [1.807, 2.05) is 0 Å². The number of carbonyl (C=O) groups excluding carboxylic acids is 2. The zero-order chi connectivity index (χ0) is 19.8. The van der Waals surface area contributed by atoms with E-state index in [9.17, 15) is 14.4 Å². The molecule has 2 aromatic heterocycles. The number of pyridine rings is 1. The number of amides is 2. The third-order valence-electron chi connectivity index (χ3n) is 4.59. The third kappa shape index (κ3) is 2.71. The molecule has 1 N–H and O–H groups in total. The molecule has 0 radical (unpaired) electrons. The molecular weight excluding hydrogens is 360 g/mol. The van der Waals surface area contributed by atoms with E-state index < -0.39 is 12.0 Å². The second-order valence-corrected chi connectivity index (χ2v) is 6.23. The summed E-state index contributed by atoms with van der Waals surface area (Å²) < 4.78 is 0. The standard InChI is InChI=1S/C20H14N4O4/c1-11(24-18(25)13-4-2-3-5-14(13)19(24)26)16-17(22-9-8-21-16)15-7-6-12(10-23-15)20(27)28/h2-11H,1H3,(H,27,28). The predicted octanol–water partition coefficient (Wildman–Crippen LogP) is 2.59. The van der Waals surface area contributed by atoms with Gasteiger partial charge < -0.3 is 5.11 Å². The lowest BCUT2D eigenvalue weighted by Crippen LogP contribution is -2.33. The van der Waals surface area contributed by atoms with Gasteiger partial charge in [-0.25, -0.2) is 4.79 Å². The van der Waals surface area contributed by atoms with Crippen molar-refractivity contribution >= 4 is 17.8 Å². The largest absolute Gasteiger partial charge is 0.478 e. The van der Waals surface area contributed by atoms with Crippen molar-refractivity contribution in [3.05, 3.63) is 77.4 Å². The van der Waals surface area contributed by atoms with Crippen LogP contribution < -0.4 is 0 Å². The lowest BCUT2D eigenvalue weighted by Gasteiger charge is -2.23. The van der Waals surface area contributed by atoms with E-state index in [0.717, 1.165) is 4.90 Å². The first-order valence-corrected chi connectivity index (χ1v) is 8.46. The molecule has 0 saturated heterocycles. The van der Waals surface area contributed by atoms with Gasteiger partial charge in [-0.2, -0.15) is 0 Å². The van der Waals surface area contributed by atoms with Crippen LogP contribution in [0.3, 0.4) is 0 Å². The Bertz CT molecular complexity index is 1080. The molecule has 1 atom stereocenters.